The average molecular weight is 390 g/mol. The fraction of sp³-hybridized carbons (Fsp3) is 0.478. The highest BCUT2D eigenvalue weighted by atomic mass is 35.5. The Balaban J connectivity index is 1.87. The molecule has 1 aliphatic rings. The lowest BCUT2D eigenvalue weighted by Crippen LogP contribution is -2.47. The predicted molar refractivity (Wildman–Crippen MR) is 110 cm³/mol. The Morgan fingerprint density at radius 3 is 2.67 bits per heavy atom. The molecule has 27 heavy (non-hydrogen) atoms. The van der Waals surface area contributed by atoms with Crippen LogP contribution in [0.3, 0.4) is 0 Å². The zero-order chi connectivity index (χ0) is 19.4. The molecule has 4 heteroatoms. The molecule has 3 rings (SSSR count). The monoisotopic (exact) mass is 389 g/mol. The Morgan fingerprint density at radius 2 is 1.96 bits per heavy atom. The summed E-state index contributed by atoms with van der Waals surface area (Å²) in [5.74, 6) is -0.166. The topological polar surface area (TPSA) is 23.5 Å². The summed E-state index contributed by atoms with van der Waals surface area (Å²) in [6.45, 7) is 0. The van der Waals surface area contributed by atoms with Crippen molar-refractivity contribution in [3.05, 3.63) is 70.5 Å². The van der Waals surface area contributed by atoms with Crippen molar-refractivity contribution < 1.29 is 9.50 Å². The van der Waals surface area contributed by atoms with E-state index in [-0.39, 0.29) is 17.8 Å². The van der Waals surface area contributed by atoms with Crippen LogP contribution in [0.2, 0.25) is 5.02 Å². The Hall–Kier alpha value is -1.42. The van der Waals surface area contributed by atoms with Gasteiger partial charge in [0.05, 0.1) is 5.60 Å². The molecule has 0 amide bonds. The molecule has 1 aliphatic carbocycles. The van der Waals surface area contributed by atoms with E-state index >= 15 is 0 Å². The van der Waals surface area contributed by atoms with Gasteiger partial charge in [-0.3, -0.25) is 0 Å². The van der Waals surface area contributed by atoms with Gasteiger partial charge in [0.15, 0.2) is 0 Å². The van der Waals surface area contributed by atoms with Gasteiger partial charge in [-0.05, 0) is 69.1 Å². The first-order valence-corrected chi connectivity index (χ1v) is 10.2. The van der Waals surface area contributed by atoms with Crippen LogP contribution in [0, 0.1) is 11.7 Å². The van der Waals surface area contributed by atoms with Gasteiger partial charge < -0.3 is 10.0 Å². The fourth-order valence-electron chi connectivity index (χ4n) is 4.64. The van der Waals surface area contributed by atoms with Crippen molar-refractivity contribution in [2.45, 2.75) is 50.2 Å². The highest BCUT2D eigenvalue weighted by Crippen LogP contribution is 2.46. The van der Waals surface area contributed by atoms with E-state index in [9.17, 15) is 9.50 Å². The molecule has 0 aromatic heterocycles. The molecular weight excluding hydrogens is 361 g/mol. The summed E-state index contributed by atoms with van der Waals surface area (Å²) in [4.78, 5) is 2.12. The van der Waals surface area contributed by atoms with Crippen LogP contribution in [0.15, 0.2) is 48.5 Å². The molecule has 3 atom stereocenters. The molecule has 146 valence electrons. The molecule has 0 bridgehead atoms. The second kappa shape index (κ2) is 8.72. The van der Waals surface area contributed by atoms with Gasteiger partial charge >= 0.3 is 0 Å². The van der Waals surface area contributed by atoms with E-state index < -0.39 is 5.60 Å². The third kappa shape index (κ3) is 4.71. The molecule has 1 fully saturated rings. The summed E-state index contributed by atoms with van der Waals surface area (Å²) >= 11 is 6.32. The molecule has 0 radical (unpaired) electrons. The number of halogens is 2. The van der Waals surface area contributed by atoms with Gasteiger partial charge in [0.1, 0.15) is 5.82 Å². The lowest BCUT2D eigenvalue weighted by atomic mass is 9.67. The zero-order valence-corrected chi connectivity index (χ0v) is 16.9. The Morgan fingerprint density at radius 1 is 1.19 bits per heavy atom. The minimum Gasteiger partial charge on any atom is -0.390 e. The minimum absolute atomic E-state index is 0.0164. The van der Waals surface area contributed by atoms with E-state index in [1.165, 1.54) is 6.07 Å². The van der Waals surface area contributed by atoms with Crippen LogP contribution in [-0.4, -0.2) is 29.7 Å². The summed E-state index contributed by atoms with van der Waals surface area (Å²) in [6, 6.07) is 14.6. The summed E-state index contributed by atoms with van der Waals surface area (Å²) in [5.41, 5.74) is 1.23. The quantitative estimate of drug-likeness (QED) is 0.691. The van der Waals surface area contributed by atoms with Crippen LogP contribution in [-0.2, 0) is 6.42 Å². The number of hydrogen-bond donors (Lipinski definition) is 1. The average Bonchev–Trinajstić information content (AvgIpc) is 2.63. The maximum atomic E-state index is 13.9. The molecule has 2 aromatic carbocycles. The van der Waals surface area contributed by atoms with Crippen molar-refractivity contribution >= 4 is 11.6 Å². The number of benzene rings is 2. The number of rotatable bonds is 6. The van der Waals surface area contributed by atoms with Gasteiger partial charge in [-0.2, -0.15) is 0 Å². The van der Waals surface area contributed by atoms with Gasteiger partial charge in [0, 0.05) is 17.0 Å². The van der Waals surface area contributed by atoms with Crippen LogP contribution in [0.5, 0.6) is 0 Å². The first-order valence-electron chi connectivity index (χ1n) is 9.78. The molecule has 1 saturated carbocycles. The number of aliphatic hydroxyl groups is 1. The van der Waals surface area contributed by atoms with Crippen molar-refractivity contribution in [2.24, 2.45) is 5.92 Å². The van der Waals surface area contributed by atoms with E-state index in [0.717, 1.165) is 48.3 Å². The van der Waals surface area contributed by atoms with Crippen molar-refractivity contribution in [3.63, 3.8) is 0 Å². The standard InChI is InChI=1S/C23H29ClFNO/c1-26(2)22(18-9-7-10-19(25)16-18)20-11-5-6-14-23(20,27)15-13-17-8-3-4-12-21(17)24/h3-4,7-10,12,16,20,22,27H,5-6,11,13-15H2,1-2H3. The Labute approximate surface area is 167 Å². The van der Waals surface area contributed by atoms with E-state index in [1.54, 1.807) is 12.1 Å². The molecule has 0 saturated heterocycles. The number of hydrogen-bond acceptors (Lipinski definition) is 2. The van der Waals surface area contributed by atoms with E-state index in [2.05, 4.69) is 4.90 Å². The normalized spacial score (nSPS) is 24.1. The first kappa shape index (κ1) is 20.3. The van der Waals surface area contributed by atoms with E-state index in [0.29, 0.717) is 6.42 Å². The van der Waals surface area contributed by atoms with Crippen molar-refractivity contribution in [2.75, 3.05) is 14.1 Å². The van der Waals surface area contributed by atoms with Gasteiger partial charge in [0.25, 0.3) is 0 Å². The zero-order valence-electron chi connectivity index (χ0n) is 16.2. The number of nitrogens with zero attached hydrogens (tertiary/aromatic N) is 1. The maximum absolute atomic E-state index is 13.9. The molecule has 0 heterocycles. The van der Waals surface area contributed by atoms with Crippen LogP contribution < -0.4 is 0 Å². The van der Waals surface area contributed by atoms with Crippen molar-refractivity contribution in [1.82, 2.24) is 4.90 Å². The van der Waals surface area contributed by atoms with E-state index in [1.807, 2.05) is 44.4 Å². The number of aryl methyl sites for hydroxylation is 1. The smallest absolute Gasteiger partial charge is 0.123 e. The highest BCUT2D eigenvalue weighted by Gasteiger charge is 2.44. The lowest BCUT2D eigenvalue weighted by molar-refractivity contribution is -0.0829. The molecule has 2 aromatic rings. The van der Waals surface area contributed by atoms with Gasteiger partial charge in [-0.25, -0.2) is 4.39 Å². The van der Waals surface area contributed by atoms with Gasteiger partial charge in [-0.15, -0.1) is 0 Å². The van der Waals surface area contributed by atoms with Crippen LogP contribution in [0.4, 0.5) is 4.39 Å². The van der Waals surface area contributed by atoms with Crippen molar-refractivity contribution in [3.8, 4) is 0 Å². The van der Waals surface area contributed by atoms with Crippen molar-refractivity contribution in [1.29, 1.82) is 0 Å². The molecule has 1 N–H and O–H groups in total. The van der Waals surface area contributed by atoms with Gasteiger partial charge in [-0.1, -0.05) is 54.8 Å². The molecule has 0 spiro atoms. The third-order valence-corrected chi connectivity index (χ3v) is 6.35. The Bertz CT molecular complexity index is 766. The highest BCUT2D eigenvalue weighted by molar-refractivity contribution is 6.31. The molecule has 2 nitrogen and oxygen atoms in total. The molecule has 3 unspecified atom stereocenters. The fourth-order valence-corrected chi connectivity index (χ4v) is 4.87. The SMILES string of the molecule is CN(C)C(c1cccc(F)c1)C1CCCCC1(O)CCc1ccccc1Cl. The third-order valence-electron chi connectivity index (χ3n) is 5.98. The first-order chi connectivity index (χ1) is 12.9. The predicted octanol–water partition coefficient (Wildman–Crippen LogP) is 5.64. The maximum Gasteiger partial charge on any atom is 0.123 e. The van der Waals surface area contributed by atoms with Crippen LogP contribution >= 0.6 is 11.6 Å². The van der Waals surface area contributed by atoms with Gasteiger partial charge in [0.2, 0.25) is 0 Å². The summed E-state index contributed by atoms with van der Waals surface area (Å²) in [5, 5.41) is 12.4. The summed E-state index contributed by atoms with van der Waals surface area (Å²) < 4.78 is 13.9. The Kier molecular flexibility index (Phi) is 6.56. The summed E-state index contributed by atoms with van der Waals surface area (Å²) in [6.07, 6.45) is 5.26. The second-order valence-electron chi connectivity index (χ2n) is 8.01. The van der Waals surface area contributed by atoms with Crippen LogP contribution in [0.25, 0.3) is 0 Å². The summed E-state index contributed by atoms with van der Waals surface area (Å²) in [7, 11) is 4.03. The largest absolute Gasteiger partial charge is 0.390 e. The molecular formula is C23H29ClFNO. The van der Waals surface area contributed by atoms with E-state index in [4.69, 9.17) is 11.6 Å². The lowest BCUT2D eigenvalue weighted by Gasteiger charge is -2.46. The van der Waals surface area contributed by atoms with Crippen LogP contribution in [0.1, 0.15) is 49.3 Å². The minimum atomic E-state index is -0.779. The second-order valence-corrected chi connectivity index (χ2v) is 8.42. The molecule has 0 aliphatic heterocycles.